The molecule has 1 aromatic carbocycles. The molecule has 5 heteroatoms. The molecule has 1 saturated carbocycles. The fraction of sp³-hybridized carbons (Fsp3) is 0.500. The summed E-state index contributed by atoms with van der Waals surface area (Å²) in [6.07, 6.45) is 2.06. The third-order valence-electron chi connectivity index (χ3n) is 4.41. The molecule has 1 heterocycles. The number of amides is 1. The first-order valence-electron chi connectivity index (χ1n) is 7.34. The normalized spacial score (nSPS) is 27.0. The van der Waals surface area contributed by atoms with Crippen LogP contribution in [0.5, 0.6) is 5.75 Å². The largest absolute Gasteiger partial charge is 0.493 e. The molecule has 3 rings (SSSR count). The van der Waals surface area contributed by atoms with Gasteiger partial charge >= 0.3 is 5.97 Å². The van der Waals surface area contributed by atoms with Crippen LogP contribution in [0.2, 0.25) is 0 Å². The third-order valence-corrected chi connectivity index (χ3v) is 4.41. The highest BCUT2D eigenvalue weighted by atomic mass is 16.5. The van der Waals surface area contributed by atoms with E-state index in [1.54, 1.807) is 6.07 Å². The Kier molecular flexibility index (Phi) is 3.57. The molecule has 3 unspecified atom stereocenters. The fourth-order valence-electron chi connectivity index (χ4n) is 3.35. The van der Waals surface area contributed by atoms with Crippen molar-refractivity contribution in [3.63, 3.8) is 0 Å². The Morgan fingerprint density at radius 2 is 2.05 bits per heavy atom. The van der Waals surface area contributed by atoms with Gasteiger partial charge in [-0.2, -0.15) is 0 Å². The molecule has 0 bridgehead atoms. The molecular weight excluding hydrogens is 270 g/mol. The van der Waals surface area contributed by atoms with Crippen molar-refractivity contribution in [2.24, 2.45) is 17.8 Å². The van der Waals surface area contributed by atoms with Gasteiger partial charge in [0.1, 0.15) is 5.75 Å². The summed E-state index contributed by atoms with van der Waals surface area (Å²) in [4.78, 5) is 23.6. The monoisotopic (exact) mass is 289 g/mol. The molecule has 21 heavy (non-hydrogen) atoms. The zero-order valence-corrected chi connectivity index (χ0v) is 12.0. The van der Waals surface area contributed by atoms with Crippen molar-refractivity contribution in [2.45, 2.75) is 26.2 Å². The van der Waals surface area contributed by atoms with Crippen LogP contribution in [0.4, 0.5) is 5.69 Å². The topological polar surface area (TPSA) is 75.6 Å². The minimum atomic E-state index is -0.873. The molecule has 5 nitrogen and oxygen atoms in total. The number of hydrogen-bond donors (Lipinski definition) is 2. The van der Waals surface area contributed by atoms with E-state index in [2.05, 4.69) is 5.32 Å². The second-order valence-electron chi connectivity index (χ2n) is 6.04. The Morgan fingerprint density at radius 1 is 1.29 bits per heavy atom. The number of anilines is 1. The predicted molar refractivity (Wildman–Crippen MR) is 77.3 cm³/mol. The van der Waals surface area contributed by atoms with Gasteiger partial charge < -0.3 is 15.2 Å². The number of nitrogens with one attached hydrogen (secondary N) is 1. The van der Waals surface area contributed by atoms with Gasteiger partial charge in [0.2, 0.25) is 5.91 Å². The van der Waals surface area contributed by atoms with Crippen molar-refractivity contribution >= 4 is 17.6 Å². The average molecular weight is 289 g/mol. The van der Waals surface area contributed by atoms with Gasteiger partial charge in [-0.1, -0.05) is 6.92 Å². The first-order chi connectivity index (χ1) is 10.0. The molecule has 0 radical (unpaired) electrons. The van der Waals surface area contributed by atoms with E-state index in [1.165, 1.54) is 0 Å². The smallest absolute Gasteiger partial charge is 0.307 e. The molecule has 2 N–H and O–H groups in total. The van der Waals surface area contributed by atoms with Gasteiger partial charge in [-0.25, -0.2) is 0 Å². The number of carbonyl (C=O) groups excluding carboxylic acids is 1. The average Bonchev–Trinajstić information content (AvgIpc) is 3.04. The quantitative estimate of drug-likeness (QED) is 0.895. The van der Waals surface area contributed by atoms with Crippen molar-refractivity contribution < 1.29 is 19.4 Å². The first-order valence-corrected chi connectivity index (χ1v) is 7.34. The Morgan fingerprint density at radius 3 is 2.81 bits per heavy atom. The Hall–Kier alpha value is -2.04. The van der Waals surface area contributed by atoms with E-state index in [-0.39, 0.29) is 11.8 Å². The van der Waals surface area contributed by atoms with Crippen LogP contribution >= 0.6 is 0 Å². The summed E-state index contributed by atoms with van der Waals surface area (Å²) in [5.74, 6) is -0.937. The molecule has 1 aromatic rings. The SMILES string of the molecule is CC1CC(C(=O)O)C(C(=O)Nc2ccc3c(c2)CCO3)C1. The zero-order chi connectivity index (χ0) is 15.0. The third kappa shape index (κ3) is 2.73. The summed E-state index contributed by atoms with van der Waals surface area (Å²) in [5.41, 5.74) is 1.80. The molecule has 0 aromatic heterocycles. The Bertz CT molecular complexity index is 584. The molecule has 112 valence electrons. The van der Waals surface area contributed by atoms with E-state index >= 15 is 0 Å². The Labute approximate surface area is 123 Å². The van der Waals surface area contributed by atoms with Crippen molar-refractivity contribution in [1.29, 1.82) is 0 Å². The van der Waals surface area contributed by atoms with Gasteiger partial charge in [-0.3, -0.25) is 9.59 Å². The number of fused-ring (bicyclic) bond motifs is 1. The molecular formula is C16H19NO4. The molecule has 1 aliphatic heterocycles. The lowest BCUT2D eigenvalue weighted by atomic mass is 9.95. The van der Waals surface area contributed by atoms with E-state index in [4.69, 9.17) is 4.74 Å². The second-order valence-corrected chi connectivity index (χ2v) is 6.04. The lowest BCUT2D eigenvalue weighted by molar-refractivity contribution is -0.145. The predicted octanol–water partition coefficient (Wildman–Crippen LogP) is 2.31. The molecule has 1 fully saturated rings. The second kappa shape index (κ2) is 5.39. The Balaban J connectivity index is 1.72. The van der Waals surface area contributed by atoms with Crippen LogP contribution in [0.1, 0.15) is 25.3 Å². The van der Waals surface area contributed by atoms with Crippen LogP contribution in [-0.4, -0.2) is 23.6 Å². The number of ether oxygens (including phenoxy) is 1. The van der Waals surface area contributed by atoms with Crippen LogP contribution in [0, 0.1) is 17.8 Å². The summed E-state index contributed by atoms with van der Waals surface area (Å²) in [7, 11) is 0. The molecule has 2 aliphatic rings. The van der Waals surface area contributed by atoms with Crippen molar-refractivity contribution in [3.8, 4) is 5.75 Å². The standard InChI is InChI=1S/C16H19NO4/c1-9-6-12(13(7-9)16(19)20)15(18)17-11-2-3-14-10(8-11)4-5-21-14/h2-3,8-9,12-13H,4-7H2,1H3,(H,17,18)(H,19,20). The van der Waals surface area contributed by atoms with E-state index in [0.717, 1.165) is 17.7 Å². The van der Waals surface area contributed by atoms with Crippen LogP contribution < -0.4 is 10.1 Å². The number of rotatable bonds is 3. The van der Waals surface area contributed by atoms with Crippen molar-refractivity contribution in [1.82, 2.24) is 0 Å². The number of carboxylic acid groups (broad SMARTS) is 1. The number of carbonyl (C=O) groups is 2. The minimum Gasteiger partial charge on any atom is -0.493 e. The molecule has 0 spiro atoms. The summed E-state index contributed by atoms with van der Waals surface area (Å²) in [5, 5.41) is 12.1. The number of aliphatic carboxylic acids is 1. The van der Waals surface area contributed by atoms with Crippen molar-refractivity contribution in [2.75, 3.05) is 11.9 Å². The molecule has 3 atom stereocenters. The lowest BCUT2D eigenvalue weighted by Crippen LogP contribution is -2.30. The zero-order valence-electron chi connectivity index (χ0n) is 12.0. The highest BCUT2D eigenvalue weighted by Gasteiger charge is 2.41. The highest BCUT2D eigenvalue weighted by Crippen LogP contribution is 2.37. The molecule has 0 saturated heterocycles. The van der Waals surface area contributed by atoms with E-state index < -0.39 is 17.8 Å². The van der Waals surface area contributed by atoms with E-state index in [0.29, 0.717) is 25.1 Å². The van der Waals surface area contributed by atoms with Gasteiger partial charge in [0.25, 0.3) is 0 Å². The van der Waals surface area contributed by atoms with Gasteiger partial charge in [0.15, 0.2) is 0 Å². The molecule has 1 aliphatic carbocycles. The van der Waals surface area contributed by atoms with Gasteiger partial charge in [0.05, 0.1) is 18.4 Å². The lowest BCUT2D eigenvalue weighted by Gasteiger charge is -2.16. The number of hydrogen-bond acceptors (Lipinski definition) is 3. The maximum atomic E-state index is 12.4. The van der Waals surface area contributed by atoms with Crippen molar-refractivity contribution in [3.05, 3.63) is 23.8 Å². The minimum absolute atomic E-state index is 0.189. The number of carboxylic acids is 1. The summed E-state index contributed by atoms with van der Waals surface area (Å²) in [6, 6.07) is 5.56. The summed E-state index contributed by atoms with van der Waals surface area (Å²) in [6.45, 7) is 2.67. The summed E-state index contributed by atoms with van der Waals surface area (Å²) >= 11 is 0. The summed E-state index contributed by atoms with van der Waals surface area (Å²) < 4.78 is 5.43. The van der Waals surface area contributed by atoms with Crippen LogP contribution in [-0.2, 0) is 16.0 Å². The van der Waals surface area contributed by atoms with Crippen LogP contribution in [0.3, 0.4) is 0 Å². The number of benzene rings is 1. The maximum absolute atomic E-state index is 12.4. The van der Waals surface area contributed by atoms with Gasteiger partial charge in [-0.05, 0) is 42.5 Å². The highest BCUT2D eigenvalue weighted by molar-refractivity contribution is 5.95. The van der Waals surface area contributed by atoms with Crippen LogP contribution in [0.25, 0.3) is 0 Å². The fourth-order valence-corrected chi connectivity index (χ4v) is 3.35. The first kappa shape index (κ1) is 13.9. The van der Waals surface area contributed by atoms with Crippen LogP contribution in [0.15, 0.2) is 18.2 Å². The van der Waals surface area contributed by atoms with E-state index in [1.807, 2.05) is 19.1 Å². The van der Waals surface area contributed by atoms with E-state index in [9.17, 15) is 14.7 Å². The van der Waals surface area contributed by atoms with Gasteiger partial charge in [0, 0.05) is 12.1 Å². The van der Waals surface area contributed by atoms with Gasteiger partial charge in [-0.15, -0.1) is 0 Å². The molecule has 1 amide bonds. The maximum Gasteiger partial charge on any atom is 0.307 e.